The number of rotatable bonds is 2. The van der Waals surface area contributed by atoms with Crippen molar-refractivity contribution in [2.45, 2.75) is 44.3 Å². The van der Waals surface area contributed by atoms with Crippen molar-refractivity contribution in [1.82, 2.24) is 4.90 Å². The molecule has 0 aliphatic carbocycles. The Morgan fingerprint density at radius 2 is 1.53 bits per heavy atom. The highest BCUT2D eigenvalue weighted by Gasteiger charge is 2.38. The van der Waals surface area contributed by atoms with Gasteiger partial charge in [0.1, 0.15) is 5.82 Å². The SMILES string of the molecule is Fc1ccc(CN2C3CCC2CC3)cc1. The van der Waals surface area contributed by atoms with E-state index < -0.39 is 0 Å². The van der Waals surface area contributed by atoms with Crippen molar-refractivity contribution in [2.75, 3.05) is 0 Å². The van der Waals surface area contributed by atoms with Gasteiger partial charge in [-0.1, -0.05) is 12.1 Å². The molecule has 3 rings (SSSR count). The fourth-order valence-electron chi connectivity index (χ4n) is 3.08. The lowest BCUT2D eigenvalue weighted by Crippen LogP contribution is -2.27. The zero-order valence-electron chi connectivity index (χ0n) is 8.82. The molecule has 1 aromatic rings. The molecular weight excluding hydrogens is 189 g/mol. The van der Waals surface area contributed by atoms with Crippen molar-refractivity contribution in [3.05, 3.63) is 35.6 Å². The number of halogens is 1. The van der Waals surface area contributed by atoms with E-state index in [2.05, 4.69) is 4.90 Å². The summed E-state index contributed by atoms with van der Waals surface area (Å²) < 4.78 is 12.8. The second-order valence-corrected chi connectivity index (χ2v) is 4.76. The van der Waals surface area contributed by atoms with E-state index in [0.717, 1.165) is 18.6 Å². The minimum absolute atomic E-state index is 0.136. The van der Waals surface area contributed by atoms with Crippen molar-refractivity contribution in [3.8, 4) is 0 Å². The molecule has 0 atom stereocenters. The van der Waals surface area contributed by atoms with Crippen molar-refractivity contribution in [1.29, 1.82) is 0 Å². The van der Waals surface area contributed by atoms with Crippen molar-refractivity contribution in [2.24, 2.45) is 0 Å². The first-order valence-corrected chi connectivity index (χ1v) is 5.83. The first-order valence-electron chi connectivity index (χ1n) is 5.83. The van der Waals surface area contributed by atoms with Crippen LogP contribution in [0.2, 0.25) is 0 Å². The lowest BCUT2D eigenvalue weighted by molar-refractivity contribution is 0.244. The summed E-state index contributed by atoms with van der Waals surface area (Å²) in [5.41, 5.74) is 1.25. The minimum Gasteiger partial charge on any atom is -0.293 e. The van der Waals surface area contributed by atoms with Crippen molar-refractivity contribution < 1.29 is 4.39 Å². The zero-order chi connectivity index (χ0) is 10.3. The highest BCUT2D eigenvalue weighted by atomic mass is 19.1. The van der Waals surface area contributed by atoms with E-state index in [1.165, 1.54) is 31.2 Å². The Bertz CT molecular complexity index is 326. The van der Waals surface area contributed by atoms with Crippen LogP contribution in [0.5, 0.6) is 0 Å². The second kappa shape index (κ2) is 3.60. The average Bonchev–Trinajstić information content (AvgIpc) is 2.81. The summed E-state index contributed by atoms with van der Waals surface area (Å²) >= 11 is 0. The molecular formula is C13H16FN. The Balaban J connectivity index is 1.73. The van der Waals surface area contributed by atoms with Crippen LogP contribution in [0, 0.1) is 5.82 Å². The van der Waals surface area contributed by atoms with Crippen LogP contribution in [-0.4, -0.2) is 17.0 Å². The van der Waals surface area contributed by atoms with Gasteiger partial charge in [0.2, 0.25) is 0 Å². The van der Waals surface area contributed by atoms with Crippen LogP contribution in [0.3, 0.4) is 0 Å². The van der Waals surface area contributed by atoms with Gasteiger partial charge >= 0.3 is 0 Å². The third kappa shape index (κ3) is 1.67. The van der Waals surface area contributed by atoms with Gasteiger partial charge in [-0.3, -0.25) is 4.90 Å². The third-order valence-electron chi connectivity index (χ3n) is 3.88. The Hall–Kier alpha value is -0.890. The third-order valence-corrected chi connectivity index (χ3v) is 3.88. The molecule has 0 unspecified atom stereocenters. The summed E-state index contributed by atoms with van der Waals surface area (Å²) in [4.78, 5) is 2.60. The molecule has 80 valence electrons. The van der Waals surface area contributed by atoms with Gasteiger partial charge in [0.15, 0.2) is 0 Å². The number of fused-ring (bicyclic) bond motifs is 2. The maximum atomic E-state index is 12.8. The molecule has 0 amide bonds. The average molecular weight is 205 g/mol. The lowest BCUT2D eigenvalue weighted by Gasteiger charge is -2.21. The fraction of sp³-hybridized carbons (Fsp3) is 0.538. The second-order valence-electron chi connectivity index (χ2n) is 4.76. The maximum absolute atomic E-state index is 12.8. The summed E-state index contributed by atoms with van der Waals surface area (Å²) in [6.07, 6.45) is 5.47. The summed E-state index contributed by atoms with van der Waals surface area (Å²) in [6, 6.07) is 8.56. The standard InChI is InChI=1S/C13H16FN/c14-11-3-1-10(2-4-11)9-15-12-5-6-13(15)8-7-12/h1-4,12-13H,5-9H2. The fourth-order valence-corrected chi connectivity index (χ4v) is 3.08. The van der Waals surface area contributed by atoms with Gasteiger partial charge in [0.05, 0.1) is 0 Å². The highest BCUT2D eigenvalue weighted by Crippen LogP contribution is 2.38. The lowest BCUT2D eigenvalue weighted by atomic mass is 10.0. The molecule has 0 radical (unpaired) electrons. The summed E-state index contributed by atoms with van der Waals surface area (Å²) in [6.45, 7) is 1.01. The predicted octanol–water partition coefficient (Wildman–Crippen LogP) is 2.95. The summed E-state index contributed by atoms with van der Waals surface area (Å²) in [5.74, 6) is -0.136. The monoisotopic (exact) mass is 205 g/mol. The quantitative estimate of drug-likeness (QED) is 0.717. The van der Waals surface area contributed by atoms with Crippen molar-refractivity contribution >= 4 is 0 Å². The van der Waals surface area contributed by atoms with E-state index in [0.29, 0.717) is 0 Å². The van der Waals surface area contributed by atoms with E-state index in [4.69, 9.17) is 0 Å². The number of hydrogen-bond acceptors (Lipinski definition) is 1. The Labute approximate surface area is 89.9 Å². The van der Waals surface area contributed by atoms with Gasteiger partial charge in [0.25, 0.3) is 0 Å². The molecule has 0 N–H and O–H groups in total. The molecule has 0 spiro atoms. The zero-order valence-corrected chi connectivity index (χ0v) is 8.82. The van der Waals surface area contributed by atoms with E-state index in [9.17, 15) is 4.39 Å². The Morgan fingerprint density at radius 3 is 2.07 bits per heavy atom. The van der Waals surface area contributed by atoms with Gasteiger partial charge in [-0.2, -0.15) is 0 Å². The van der Waals surface area contributed by atoms with Crippen LogP contribution in [-0.2, 0) is 6.54 Å². The van der Waals surface area contributed by atoms with Gasteiger partial charge in [0, 0.05) is 18.6 Å². The van der Waals surface area contributed by atoms with Crippen LogP contribution >= 0.6 is 0 Å². The molecule has 2 saturated heterocycles. The van der Waals surface area contributed by atoms with Gasteiger partial charge in [-0.25, -0.2) is 4.39 Å². The van der Waals surface area contributed by atoms with Gasteiger partial charge < -0.3 is 0 Å². The van der Waals surface area contributed by atoms with Crippen LogP contribution in [0.1, 0.15) is 31.2 Å². The molecule has 1 aromatic carbocycles. The van der Waals surface area contributed by atoms with Gasteiger partial charge in [-0.15, -0.1) is 0 Å². The maximum Gasteiger partial charge on any atom is 0.123 e. The molecule has 2 aliphatic rings. The number of hydrogen-bond donors (Lipinski definition) is 0. The molecule has 2 heterocycles. The smallest absolute Gasteiger partial charge is 0.123 e. The normalized spacial score (nSPS) is 29.9. The molecule has 0 aromatic heterocycles. The number of nitrogens with zero attached hydrogens (tertiary/aromatic N) is 1. The van der Waals surface area contributed by atoms with Crippen molar-refractivity contribution in [3.63, 3.8) is 0 Å². The molecule has 2 fully saturated rings. The molecule has 15 heavy (non-hydrogen) atoms. The Morgan fingerprint density at radius 1 is 1.00 bits per heavy atom. The first-order chi connectivity index (χ1) is 7.33. The molecule has 2 bridgehead atoms. The topological polar surface area (TPSA) is 3.24 Å². The van der Waals surface area contributed by atoms with E-state index in [-0.39, 0.29) is 5.82 Å². The van der Waals surface area contributed by atoms with Crippen LogP contribution < -0.4 is 0 Å². The van der Waals surface area contributed by atoms with E-state index >= 15 is 0 Å². The highest BCUT2D eigenvalue weighted by molar-refractivity contribution is 5.17. The number of benzene rings is 1. The Kier molecular flexibility index (Phi) is 2.24. The van der Waals surface area contributed by atoms with E-state index in [1.807, 2.05) is 12.1 Å². The first kappa shape index (κ1) is 9.34. The van der Waals surface area contributed by atoms with Crippen LogP contribution in [0.15, 0.2) is 24.3 Å². The molecule has 2 heteroatoms. The molecule has 1 nitrogen and oxygen atoms in total. The van der Waals surface area contributed by atoms with Gasteiger partial charge in [-0.05, 0) is 43.4 Å². The molecule has 2 aliphatic heterocycles. The predicted molar refractivity (Wildman–Crippen MR) is 58.0 cm³/mol. The van der Waals surface area contributed by atoms with Crippen LogP contribution in [0.25, 0.3) is 0 Å². The van der Waals surface area contributed by atoms with E-state index in [1.54, 1.807) is 12.1 Å². The summed E-state index contributed by atoms with van der Waals surface area (Å²) in [7, 11) is 0. The largest absolute Gasteiger partial charge is 0.293 e. The van der Waals surface area contributed by atoms with Crippen LogP contribution in [0.4, 0.5) is 4.39 Å². The molecule has 0 saturated carbocycles. The summed E-state index contributed by atoms with van der Waals surface area (Å²) in [5, 5.41) is 0. The minimum atomic E-state index is -0.136.